The Morgan fingerprint density at radius 2 is 1.59 bits per heavy atom. The molecule has 4 heterocycles. The Balaban J connectivity index is 1.35. The number of morpholine rings is 1. The highest BCUT2D eigenvalue weighted by molar-refractivity contribution is 7.93. The van der Waals surface area contributed by atoms with E-state index in [1.165, 1.54) is 0 Å². The van der Waals surface area contributed by atoms with E-state index in [4.69, 9.17) is 4.74 Å². The summed E-state index contributed by atoms with van der Waals surface area (Å²) in [7, 11) is -3.38. The van der Waals surface area contributed by atoms with Crippen molar-refractivity contribution in [2.24, 2.45) is 0 Å². The average Bonchev–Trinajstić information content (AvgIpc) is 3.43. The molecule has 0 aliphatic carbocycles. The number of fused-ring (bicyclic) bond motifs is 1. The maximum atomic E-state index is 12.9. The summed E-state index contributed by atoms with van der Waals surface area (Å²) in [6.07, 6.45) is 2.99. The largest absolute Gasteiger partial charge is 0.372 e. The van der Waals surface area contributed by atoms with Gasteiger partial charge in [0, 0.05) is 45.6 Å². The Labute approximate surface area is 171 Å². The number of ether oxygens (including phenoxy) is 1. The Kier molecular flexibility index (Phi) is 5.83. The molecule has 4 saturated heterocycles. The van der Waals surface area contributed by atoms with E-state index in [0.29, 0.717) is 39.1 Å². The van der Waals surface area contributed by atoms with Crippen LogP contribution in [0.15, 0.2) is 0 Å². The Hall–Kier alpha value is -1.68. The van der Waals surface area contributed by atoms with Crippen molar-refractivity contribution in [3.8, 4) is 0 Å². The van der Waals surface area contributed by atoms with Crippen molar-refractivity contribution in [1.82, 2.24) is 14.7 Å². The summed E-state index contributed by atoms with van der Waals surface area (Å²) < 4.78 is 30.2. The first-order valence-electron chi connectivity index (χ1n) is 10.6. The number of rotatable bonds is 4. The minimum absolute atomic E-state index is 0.0203. The summed E-state index contributed by atoms with van der Waals surface area (Å²) in [4.78, 5) is 42.8. The summed E-state index contributed by atoms with van der Waals surface area (Å²) in [5.41, 5.74) is 0. The van der Waals surface area contributed by atoms with Crippen molar-refractivity contribution in [1.29, 1.82) is 0 Å². The summed E-state index contributed by atoms with van der Waals surface area (Å²) in [5.74, 6) is -0.375. The van der Waals surface area contributed by atoms with Crippen LogP contribution >= 0.6 is 0 Å². The van der Waals surface area contributed by atoms with E-state index in [1.807, 2.05) is 4.90 Å². The highest BCUT2D eigenvalue weighted by Gasteiger charge is 2.47. The number of nitrogens with zero attached hydrogens (tertiary/aromatic N) is 3. The lowest BCUT2D eigenvalue weighted by Gasteiger charge is -2.37. The van der Waals surface area contributed by atoms with Crippen LogP contribution in [0.3, 0.4) is 0 Å². The van der Waals surface area contributed by atoms with Crippen molar-refractivity contribution >= 4 is 27.6 Å². The molecule has 3 amide bonds. The van der Waals surface area contributed by atoms with E-state index < -0.39 is 15.1 Å². The fourth-order valence-electron chi connectivity index (χ4n) is 4.92. The van der Waals surface area contributed by atoms with E-state index in [-0.39, 0.29) is 48.5 Å². The fourth-order valence-corrected chi connectivity index (χ4v) is 6.74. The molecule has 4 aliphatic heterocycles. The topological polar surface area (TPSA) is 104 Å². The van der Waals surface area contributed by atoms with Crippen molar-refractivity contribution in [3.63, 3.8) is 0 Å². The molecule has 0 spiro atoms. The van der Waals surface area contributed by atoms with Gasteiger partial charge in [-0.2, -0.15) is 0 Å². The lowest BCUT2D eigenvalue weighted by atomic mass is 10.1. The maximum Gasteiger partial charge on any atom is 0.241 e. The minimum atomic E-state index is -3.38. The lowest BCUT2D eigenvalue weighted by molar-refractivity contribution is -0.142. The molecule has 4 aliphatic rings. The van der Waals surface area contributed by atoms with E-state index in [0.717, 1.165) is 25.9 Å². The van der Waals surface area contributed by atoms with Crippen LogP contribution in [0.25, 0.3) is 0 Å². The third-order valence-corrected chi connectivity index (χ3v) is 8.71. The van der Waals surface area contributed by atoms with Gasteiger partial charge in [-0.15, -0.1) is 0 Å². The second-order valence-electron chi connectivity index (χ2n) is 8.39. The van der Waals surface area contributed by atoms with Crippen molar-refractivity contribution in [3.05, 3.63) is 0 Å². The molecular formula is C19H29N3O6S. The van der Waals surface area contributed by atoms with Crippen LogP contribution in [0.4, 0.5) is 0 Å². The van der Waals surface area contributed by atoms with Gasteiger partial charge in [-0.3, -0.25) is 14.4 Å². The minimum Gasteiger partial charge on any atom is -0.372 e. The molecule has 4 fully saturated rings. The number of sulfone groups is 1. The number of carbonyl (C=O) groups is 3. The van der Waals surface area contributed by atoms with Crippen LogP contribution in [0.2, 0.25) is 0 Å². The first-order chi connectivity index (χ1) is 13.9. The monoisotopic (exact) mass is 427 g/mol. The van der Waals surface area contributed by atoms with Crippen molar-refractivity contribution < 1.29 is 27.5 Å². The standard InChI is InChI=1S/C19H29N3O6S/c23-17(20-7-1-2-8-20)5-6-18(24)21-12-14-15(13-21)28-10-9-22(14)19(25)16-4-3-11-29(16,26)27/h14-16H,1-13H2/t14-,15+,16?/m1/s1. The van der Waals surface area contributed by atoms with Gasteiger partial charge in [-0.05, 0) is 25.7 Å². The normalized spacial score (nSPS) is 31.2. The summed E-state index contributed by atoms with van der Waals surface area (Å²) in [6, 6.07) is -0.315. The molecule has 162 valence electrons. The van der Waals surface area contributed by atoms with Gasteiger partial charge in [-0.25, -0.2) is 8.42 Å². The molecule has 1 unspecified atom stereocenters. The first kappa shape index (κ1) is 20.6. The van der Waals surface area contributed by atoms with Crippen LogP contribution in [-0.4, -0.2) is 103 Å². The number of amides is 3. The quantitative estimate of drug-likeness (QED) is 0.594. The van der Waals surface area contributed by atoms with E-state index in [1.54, 1.807) is 9.80 Å². The van der Waals surface area contributed by atoms with Gasteiger partial charge >= 0.3 is 0 Å². The predicted molar refractivity (Wildman–Crippen MR) is 104 cm³/mol. The van der Waals surface area contributed by atoms with Gasteiger partial charge in [0.1, 0.15) is 5.25 Å². The zero-order chi connectivity index (χ0) is 20.6. The summed E-state index contributed by atoms with van der Waals surface area (Å²) in [6.45, 7) is 2.95. The fraction of sp³-hybridized carbons (Fsp3) is 0.842. The third-order valence-electron chi connectivity index (χ3n) is 6.55. The molecule has 0 aromatic rings. The van der Waals surface area contributed by atoms with E-state index in [9.17, 15) is 22.8 Å². The second kappa shape index (κ2) is 8.22. The lowest BCUT2D eigenvalue weighted by Crippen LogP contribution is -2.56. The van der Waals surface area contributed by atoms with Crippen LogP contribution in [0, 0.1) is 0 Å². The maximum absolute atomic E-state index is 12.9. The van der Waals surface area contributed by atoms with Gasteiger partial charge in [0.05, 0.1) is 24.5 Å². The average molecular weight is 428 g/mol. The first-order valence-corrected chi connectivity index (χ1v) is 12.3. The van der Waals surface area contributed by atoms with E-state index in [2.05, 4.69) is 0 Å². The van der Waals surface area contributed by atoms with Crippen LogP contribution in [-0.2, 0) is 29.0 Å². The molecular weight excluding hydrogens is 398 g/mol. The van der Waals surface area contributed by atoms with Crippen LogP contribution in [0.5, 0.6) is 0 Å². The number of hydrogen-bond donors (Lipinski definition) is 0. The molecule has 0 N–H and O–H groups in total. The zero-order valence-electron chi connectivity index (χ0n) is 16.6. The summed E-state index contributed by atoms with van der Waals surface area (Å²) >= 11 is 0. The smallest absolute Gasteiger partial charge is 0.241 e. The highest BCUT2D eigenvalue weighted by atomic mass is 32.2. The second-order valence-corrected chi connectivity index (χ2v) is 10.7. The van der Waals surface area contributed by atoms with Gasteiger partial charge in [0.25, 0.3) is 0 Å². The SMILES string of the molecule is O=C(CCC(=O)N1C[C@@H]2OCCN(C(=O)C3CCCS3(=O)=O)[C@@H]2C1)N1CCCC1. The van der Waals surface area contributed by atoms with Gasteiger partial charge < -0.3 is 19.4 Å². The Bertz CT molecular complexity index is 779. The molecule has 10 heteroatoms. The molecule has 0 bridgehead atoms. The van der Waals surface area contributed by atoms with Crippen LogP contribution in [0.1, 0.15) is 38.5 Å². The zero-order valence-corrected chi connectivity index (χ0v) is 17.4. The number of likely N-dealkylation sites (tertiary alicyclic amines) is 2. The molecule has 9 nitrogen and oxygen atoms in total. The van der Waals surface area contributed by atoms with E-state index >= 15 is 0 Å². The van der Waals surface area contributed by atoms with Crippen molar-refractivity contribution in [2.45, 2.75) is 55.9 Å². The molecule has 3 atom stereocenters. The number of hydrogen-bond acceptors (Lipinski definition) is 6. The molecule has 0 aromatic carbocycles. The van der Waals surface area contributed by atoms with Crippen molar-refractivity contribution in [2.75, 3.05) is 45.1 Å². The molecule has 0 saturated carbocycles. The molecule has 0 aromatic heterocycles. The molecule has 4 rings (SSSR count). The third kappa shape index (κ3) is 4.14. The number of carbonyl (C=O) groups excluding carboxylic acids is 3. The van der Waals surface area contributed by atoms with Gasteiger partial charge in [0.2, 0.25) is 17.7 Å². The van der Waals surface area contributed by atoms with Gasteiger partial charge in [-0.1, -0.05) is 0 Å². The summed E-state index contributed by atoms with van der Waals surface area (Å²) in [5, 5.41) is -0.955. The highest BCUT2D eigenvalue weighted by Crippen LogP contribution is 2.28. The van der Waals surface area contributed by atoms with Crippen LogP contribution < -0.4 is 0 Å². The molecule has 0 radical (unpaired) electrons. The Morgan fingerprint density at radius 3 is 2.24 bits per heavy atom. The molecule has 29 heavy (non-hydrogen) atoms. The Morgan fingerprint density at radius 1 is 0.897 bits per heavy atom. The van der Waals surface area contributed by atoms with Gasteiger partial charge in [0.15, 0.2) is 9.84 Å². The predicted octanol–water partition coefficient (Wildman–Crippen LogP) is -0.596.